The molecule has 6 nitrogen and oxygen atoms in total. The molecule has 1 unspecified atom stereocenters. The minimum Gasteiger partial charge on any atom is -0.480 e. The minimum absolute atomic E-state index is 0.122. The molecule has 5 aromatic rings. The topological polar surface area (TPSA) is 78.9 Å². The van der Waals surface area contributed by atoms with Crippen LogP contribution in [-0.2, 0) is 24.2 Å². The molecule has 2 N–H and O–H groups in total. The molecule has 7 heteroatoms. The quantitative estimate of drug-likeness (QED) is 0.180. The normalized spacial score (nSPS) is 13.1. The monoisotopic (exact) mass is 602 g/mol. The van der Waals surface area contributed by atoms with Gasteiger partial charge >= 0.3 is 5.97 Å². The highest BCUT2D eigenvalue weighted by atomic mass is 35.5. The Hall–Kier alpha value is -5.07. The molecule has 0 aliphatic carbocycles. The number of amides is 1. The lowest BCUT2D eigenvalue weighted by atomic mass is 9.98. The molecular weight excluding hydrogens is 572 g/mol. The number of halogens is 1. The zero-order chi connectivity index (χ0) is 30.5. The first kappa shape index (κ1) is 29.0. The summed E-state index contributed by atoms with van der Waals surface area (Å²) in [6, 6.07) is 37.3. The Bertz CT molecular complexity index is 1790. The number of fused-ring (bicyclic) bond motifs is 1. The summed E-state index contributed by atoms with van der Waals surface area (Å²) < 4.78 is 6.12. The van der Waals surface area contributed by atoms with Gasteiger partial charge in [0, 0.05) is 35.8 Å². The first-order valence-corrected chi connectivity index (χ1v) is 14.9. The fourth-order valence-electron chi connectivity index (χ4n) is 5.57. The van der Waals surface area contributed by atoms with Crippen LogP contribution in [0, 0.1) is 0 Å². The first-order chi connectivity index (χ1) is 21.4. The molecule has 0 bridgehead atoms. The first-order valence-electron chi connectivity index (χ1n) is 14.5. The Balaban J connectivity index is 1.18. The van der Waals surface area contributed by atoms with Crippen LogP contribution in [0.4, 0.5) is 5.69 Å². The van der Waals surface area contributed by atoms with Crippen LogP contribution in [0.3, 0.4) is 0 Å². The molecule has 0 aromatic heterocycles. The average molecular weight is 603 g/mol. The largest absolute Gasteiger partial charge is 0.480 e. The summed E-state index contributed by atoms with van der Waals surface area (Å²) in [7, 11) is 0. The molecule has 1 aliphatic heterocycles. The molecule has 44 heavy (non-hydrogen) atoms. The van der Waals surface area contributed by atoms with Crippen molar-refractivity contribution in [3.05, 3.63) is 149 Å². The lowest BCUT2D eigenvalue weighted by Gasteiger charge is -2.32. The number of hydrogen-bond donors (Lipinski definition) is 2. The number of hydrogen-bond acceptors (Lipinski definition) is 4. The minimum atomic E-state index is -1.13. The highest BCUT2D eigenvalue weighted by Crippen LogP contribution is 2.34. The molecule has 0 radical (unpaired) electrons. The Morgan fingerprint density at radius 2 is 1.55 bits per heavy atom. The third-order valence-corrected chi connectivity index (χ3v) is 8.08. The van der Waals surface area contributed by atoms with Crippen molar-refractivity contribution in [2.75, 3.05) is 11.4 Å². The van der Waals surface area contributed by atoms with Crippen LogP contribution in [-0.4, -0.2) is 29.6 Å². The van der Waals surface area contributed by atoms with Crippen LogP contribution in [0.15, 0.2) is 121 Å². The van der Waals surface area contributed by atoms with Crippen molar-refractivity contribution in [3.63, 3.8) is 0 Å². The molecule has 5 aromatic carbocycles. The Morgan fingerprint density at radius 1 is 0.841 bits per heavy atom. The van der Waals surface area contributed by atoms with Gasteiger partial charge in [-0.3, -0.25) is 4.79 Å². The zero-order valence-electron chi connectivity index (χ0n) is 23.9. The maximum absolute atomic E-state index is 13.6. The van der Waals surface area contributed by atoms with Crippen LogP contribution in [0.5, 0.6) is 11.5 Å². The molecule has 0 spiro atoms. The Kier molecular flexibility index (Phi) is 8.62. The number of nitrogens with zero attached hydrogens (tertiary/aromatic N) is 1. The summed E-state index contributed by atoms with van der Waals surface area (Å²) in [6.45, 7) is 1.40. The summed E-state index contributed by atoms with van der Waals surface area (Å²) in [5, 5.41) is 13.2. The zero-order valence-corrected chi connectivity index (χ0v) is 24.7. The SMILES string of the molecule is O=C(NC(Cc1ccc(-c2ccccc2Oc2ccccc2)cc1)C(=O)O)c1cc(Cl)ccc1N1CCc2ccccc2C1. The molecule has 0 fully saturated rings. The number of para-hydroxylation sites is 2. The van der Waals surface area contributed by atoms with E-state index in [4.69, 9.17) is 16.3 Å². The van der Waals surface area contributed by atoms with Gasteiger partial charge in [-0.1, -0.05) is 96.5 Å². The number of ether oxygens (including phenoxy) is 1. The number of carboxylic acids is 1. The molecule has 1 aliphatic rings. The number of carboxylic acid groups (broad SMARTS) is 1. The Labute approximate surface area is 261 Å². The van der Waals surface area contributed by atoms with Crippen molar-refractivity contribution < 1.29 is 19.4 Å². The highest BCUT2D eigenvalue weighted by molar-refractivity contribution is 6.31. The average Bonchev–Trinajstić information content (AvgIpc) is 3.05. The number of carbonyl (C=O) groups excluding carboxylic acids is 1. The maximum Gasteiger partial charge on any atom is 0.326 e. The predicted octanol–water partition coefficient (Wildman–Crippen LogP) is 7.79. The van der Waals surface area contributed by atoms with Crippen LogP contribution >= 0.6 is 11.6 Å². The smallest absolute Gasteiger partial charge is 0.326 e. The van der Waals surface area contributed by atoms with Gasteiger partial charge in [-0.25, -0.2) is 4.79 Å². The maximum atomic E-state index is 13.6. The summed E-state index contributed by atoms with van der Waals surface area (Å²) >= 11 is 6.31. The Morgan fingerprint density at radius 3 is 2.32 bits per heavy atom. The van der Waals surface area contributed by atoms with E-state index in [9.17, 15) is 14.7 Å². The van der Waals surface area contributed by atoms with Crippen LogP contribution in [0.2, 0.25) is 5.02 Å². The second-order valence-corrected chi connectivity index (χ2v) is 11.2. The second kappa shape index (κ2) is 13.1. The van der Waals surface area contributed by atoms with Gasteiger partial charge in [0.15, 0.2) is 0 Å². The van der Waals surface area contributed by atoms with Crippen molar-refractivity contribution in [2.24, 2.45) is 0 Å². The lowest BCUT2D eigenvalue weighted by molar-refractivity contribution is -0.139. The van der Waals surface area contributed by atoms with Gasteiger partial charge in [0.25, 0.3) is 5.91 Å². The van der Waals surface area contributed by atoms with Gasteiger partial charge in [-0.15, -0.1) is 0 Å². The van der Waals surface area contributed by atoms with Gasteiger partial charge in [-0.2, -0.15) is 0 Å². The van der Waals surface area contributed by atoms with Crippen molar-refractivity contribution in [3.8, 4) is 22.6 Å². The number of carbonyl (C=O) groups is 2. The summed E-state index contributed by atoms with van der Waals surface area (Å²) in [5.41, 5.74) is 6.22. The summed E-state index contributed by atoms with van der Waals surface area (Å²) in [4.78, 5) is 28.0. The van der Waals surface area contributed by atoms with Crippen LogP contribution in [0.25, 0.3) is 11.1 Å². The van der Waals surface area contributed by atoms with E-state index in [0.29, 0.717) is 17.1 Å². The summed E-state index contributed by atoms with van der Waals surface area (Å²) in [6.07, 6.45) is 0.979. The van der Waals surface area contributed by atoms with Crippen molar-refractivity contribution in [1.82, 2.24) is 5.32 Å². The van der Waals surface area contributed by atoms with Gasteiger partial charge < -0.3 is 20.1 Å². The van der Waals surface area contributed by atoms with Crippen molar-refractivity contribution >= 4 is 29.2 Å². The van der Waals surface area contributed by atoms with E-state index in [-0.39, 0.29) is 6.42 Å². The molecular formula is C37H31ClN2O4. The molecule has 220 valence electrons. The fraction of sp³-hybridized carbons (Fsp3) is 0.135. The van der Waals surface area contributed by atoms with E-state index < -0.39 is 17.9 Å². The third-order valence-electron chi connectivity index (χ3n) is 7.84. The van der Waals surface area contributed by atoms with Gasteiger partial charge in [0.2, 0.25) is 0 Å². The van der Waals surface area contributed by atoms with E-state index in [1.807, 2.05) is 97.1 Å². The molecule has 0 saturated carbocycles. The fourth-order valence-corrected chi connectivity index (χ4v) is 5.74. The number of nitrogens with one attached hydrogen (secondary N) is 1. The van der Waals surface area contributed by atoms with E-state index >= 15 is 0 Å². The standard InChI is InChI=1S/C37H31ClN2O4/c38-29-18-19-34(40-21-20-26-8-4-5-9-28(26)24-40)32(23-29)36(41)39-33(37(42)43)22-25-14-16-27(17-15-25)31-12-6-7-13-35(31)44-30-10-2-1-3-11-30/h1-19,23,33H,20-22,24H2,(H,39,41)(H,42,43). The number of rotatable bonds is 9. The van der Waals surface area contributed by atoms with Crippen molar-refractivity contribution in [1.29, 1.82) is 0 Å². The number of benzene rings is 5. The van der Waals surface area contributed by atoms with E-state index in [1.165, 1.54) is 11.1 Å². The van der Waals surface area contributed by atoms with Crippen molar-refractivity contribution in [2.45, 2.75) is 25.4 Å². The number of aliphatic carboxylic acids is 1. The number of anilines is 1. The van der Waals surface area contributed by atoms with Gasteiger partial charge in [-0.05, 0) is 65.1 Å². The third kappa shape index (κ3) is 6.61. The van der Waals surface area contributed by atoms with Gasteiger partial charge in [0.05, 0.1) is 5.56 Å². The molecule has 6 rings (SSSR count). The molecule has 1 amide bonds. The predicted molar refractivity (Wildman–Crippen MR) is 174 cm³/mol. The molecule has 0 saturated heterocycles. The highest BCUT2D eigenvalue weighted by Gasteiger charge is 2.26. The van der Waals surface area contributed by atoms with E-state index in [2.05, 4.69) is 22.3 Å². The van der Waals surface area contributed by atoms with E-state index in [1.54, 1.807) is 12.1 Å². The molecule has 1 atom stereocenters. The lowest BCUT2D eigenvalue weighted by Crippen LogP contribution is -2.43. The van der Waals surface area contributed by atoms with Gasteiger partial charge in [0.1, 0.15) is 17.5 Å². The van der Waals surface area contributed by atoms with Crippen LogP contribution < -0.4 is 15.0 Å². The molecule has 1 heterocycles. The van der Waals surface area contributed by atoms with E-state index in [0.717, 1.165) is 46.8 Å². The van der Waals surface area contributed by atoms with Crippen LogP contribution in [0.1, 0.15) is 27.0 Å². The summed E-state index contributed by atoms with van der Waals surface area (Å²) in [5.74, 6) is -0.127. The second-order valence-electron chi connectivity index (χ2n) is 10.8.